The van der Waals surface area contributed by atoms with E-state index in [1.807, 2.05) is 30.3 Å². The molecule has 0 bridgehead atoms. The normalized spacial score (nSPS) is 10.7. The van der Waals surface area contributed by atoms with Crippen LogP contribution in [-0.4, -0.2) is 28.2 Å². The number of rotatable bonds is 4. The fourth-order valence-corrected chi connectivity index (χ4v) is 2.44. The highest BCUT2D eigenvalue weighted by Crippen LogP contribution is 2.25. The van der Waals surface area contributed by atoms with Crippen LogP contribution in [0, 0.1) is 0 Å². The quantitative estimate of drug-likeness (QED) is 0.428. The molecule has 0 aliphatic carbocycles. The van der Waals surface area contributed by atoms with E-state index in [0.717, 1.165) is 5.56 Å². The van der Waals surface area contributed by atoms with Gasteiger partial charge < -0.3 is 4.42 Å². The van der Waals surface area contributed by atoms with Gasteiger partial charge in [0.15, 0.2) is 0 Å². The van der Waals surface area contributed by atoms with Gasteiger partial charge in [0.2, 0.25) is 5.13 Å². The Morgan fingerprint density at radius 1 is 1.08 bits per heavy atom. The van der Waals surface area contributed by atoms with Gasteiger partial charge in [0.1, 0.15) is 10.8 Å². The number of carbonyl (C=O) groups excluding carboxylic acids is 2. The van der Waals surface area contributed by atoms with E-state index in [0.29, 0.717) is 10.8 Å². The summed E-state index contributed by atoms with van der Waals surface area (Å²) in [7, 11) is 0. The largest absolute Gasteiger partial charge is 0.463 e. The van der Waals surface area contributed by atoms with Crippen molar-refractivity contribution in [1.29, 1.82) is 0 Å². The molecule has 0 fully saturated rings. The first-order chi connectivity index (χ1) is 11.7. The van der Waals surface area contributed by atoms with Crippen molar-refractivity contribution in [3.8, 4) is 10.6 Å². The van der Waals surface area contributed by atoms with E-state index in [9.17, 15) is 9.59 Å². The highest BCUT2D eigenvalue weighted by molar-refractivity contribution is 7.18. The van der Waals surface area contributed by atoms with Crippen LogP contribution in [0.15, 0.2) is 58.2 Å². The van der Waals surface area contributed by atoms with Crippen LogP contribution in [-0.2, 0) is 9.59 Å². The van der Waals surface area contributed by atoms with Crippen molar-refractivity contribution in [3.05, 3.63) is 54.5 Å². The fourth-order valence-electron chi connectivity index (χ4n) is 1.70. The van der Waals surface area contributed by atoms with Gasteiger partial charge in [-0.3, -0.25) is 14.9 Å². The Morgan fingerprint density at radius 3 is 2.67 bits per heavy atom. The maximum absolute atomic E-state index is 11.8. The van der Waals surface area contributed by atoms with E-state index >= 15 is 0 Å². The molecule has 0 unspecified atom stereocenters. The molecule has 8 nitrogen and oxygen atoms in total. The Labute approximate surface area is 140 Å². The molecule has 120 valence electrons. The first-order valence-corrected chi connectivity index (χ1v) is 7.61. The third kappa shape index (κ3) is 3.90. The lowest BCUT2D eigenvalue weighted by Crippen LogP contribution is -2.32. The van der Waals surface area contributed by atoms with Gasteiger partial charge in [-0.05, 0) is 12.1 Å². The molecule has 3 rings (SSSR count). The zero-order valence-electron chi connectivity index (χ0n) is 12.2. The van der Waals surface area contributed by atoms with Crippen molar-refractivity contribution in [2.45, 2.75) is 0 Å². The molecule has 0 saturated carbocycles. The number of benzene rings is 1. The molecule has 2 heterocycles. The van der Waals surface area contributed by atoms with Crippen LogP contribution in [0.1, 0.15) is 5.76 Å². The third-order valence-corrected chi connectivity index (χ3v) is 3.66. The summed E-state index contributed by atoms with van der Waals surface area (Å²) in [6.45, 7) is 0. The third-order valence-electron chi connectivity index (χ3n) is 2.77. The van der Waals surface area contributed by atoms with Gasteiger partial charge in [0.25, 0.3) is 0 Å². The second-order valence-corrected chi connectivity index (χ2v) is 5.42. The van der Waals surface area contributed by atoms with Crippen molar-refractivity contribution < 1.29 is 14.0 Å². The summed E-state index contributed by atoms with van der Waals surface area (Å²) in [6.07, 6.45) is 2.75. The fraction of sp³-hybridized carbons (Fsp3) is 0. The average molecular weight is 341 g/mol. The lowest BCUT2D eigenvalue weighted by molar-refractivity contribution is -0.136. The van der Waals surface area contributed by atoms with Gasteiger partial charge >= 0.3 is 11.8 Å². The Kier molecular flexibility index (Phi) is 4.73. The van der Waals surface area contributed by atoms with E-state index in [4.69, 9.17) is 4.42 Å². The molecular weight excluding hydrogens is 330 g/mol. The molecule has 2 aromatic heterocycles. The Morgan fingerprint density at radius 2 is 1.92 bits per heavy atom. The summed E-state index contributed by atoms with van der Waals surface area (Å²) in [6, 6.07) is 12.7. The monoisotopic (exact) mass is 341 g/mol. The van der Waals surface area contributed by atoms with Crippen molar-refractivity contribution >= 4 is 34.5 Å². The summed E-state index contributed by atoms with van der Waals surface area (Å²) in [5, 5.41) is 14.7. The van der Waals surface area contributed by atoms with Gasteiger partial charge in [-0.2, -0.15) is 5.10 Å². The van der Waals surface area contributed by atoms with Crippen LogP contribution in [0.3, 0.4) is 0 Å². The summed E-state index contributed by atoms with van der Waals surface area (Å²) in [5.41, 5.74) is 2.97. The van der Waals surface area contributed by atoms with Crippen molar-refractivity contribution in [2.24, 2.45) is 5.10 Å². The van der Waals surface area contributed by atoms with Crippen LogP contribution in [0.4, 0.5) is 5.13 Å². The highest BCUT2D eigenvalue weighted by atomic mass is 32.1. The first-order valence-electron chi connectivity index (χ1n) is 6.79. The maximum atomic E-state index is 11.8. The molecule has 0 atom stereocenters. The standard InChI is InChI=1S/C15H11N5O3S/c21-12(13(22)18-16-9-11-7-4-8-23-11)17-15-20-19-14(24-15)10-5-2-1-3-6-10/h1-9H,(H,18,22)(H,17,20,21)/b16-9+. The predicted octanol–water partition coefficient (Wildman–Crippen LogP) is 1.89. The summed E-state index contributed by atoms with van der Waals surface area (Å²) in [5.74, 6) is -1.36. The number of aromatic nitrogens is 2. The summed E-state index contributed by atoms with van der Waals surface area (Å²) >= 11 is 1.17. The van der Waals surface area contributed by atoms with E-state index < -0.39 is 11.8 Å². The van der Waals surface area contributed by atoms with Gasteiger partial charge in [0, 0.05) is 5.56 Å². The van der Waals surface area contributed by atoms with Gasteiger partial charge in [-0.25, -0.2) is 5.43 Å². The smallest absolute Gasteiger partial charge is 0.329 e. The van der Waals surface area contributed by atoms with Gasteiger partial charge in [-0.1, -0.05) is 41.7 Å². The second kappa shape index (κ2) is 7.29. The molecule has 0 saturated heterocycles. The molecule has 0 aliphatic rings. The number of furan rings is 1. The van der Waals surface area contributed by atoms with Gasteiger partial charge in [0.05, 0.1) is 12.5 Å². The topological polar surface area (TPSA) is 109 Å². The number of carbonyl (C=O) groups is 2. The number of nitrogens with one attached hydrogen (secondary N) is 2. The van der Waals surface area contributed by atoms with E-state index in [-0.39, 0.29) is 5.13 Å². The first kappa shape index (κ1) is 15.6. The van der Waals surface area contributed by atoms with Gasteiger partial charge in [-0.15, -0.1) is 10.2 Å². The van der Waals surface area contributed by atoms with Crippen molar-refractivity contribution in [1.82, 2.24) is 15.6 Å². The second-order valence-electron chi connectivity index (χ2n) is 4.45. The number of hydrazone groups is 1. The Bertz CT molecular complexity index is 858. The lowest BCUT2D eigenvalue weighted by Gasteiger charge is -1.98. The number of hydrogen-bond donors (Lipinski definition) is 2. The Balaban J connectivity index is 1.56. The van der Waals surface area contributed by atoms with Crippen LogP contribution < -0.4 is 10.7 Å². The zero-order chi connectivity index (χ0) is 16.8. The molecule has 0 radical (unpaired) electrons. The summed E-state index contributed by atoms with van der Waals surface area (Å²) in [4.78, 5) is 23.4. The Hall–Kier alpha value is -3.33. The average Bonchev–Trinajstić information content (AvgIpc) is 3.27. The molecule has 1 aromatic carbocycles. The SMILES string of the molecule is O=C(N/N=C/c1ccco1)C(=O)Nc1nnc(-c2ccccc2)s1. The minimum absolute atomic E-state index is 0.226. The summed E-state index contributed by atoms with van der Waals surface area (Å²) < 4.78 is 5.00. The number of nitrogens with zero attached hydrogens (tertiary/aromatic N) is 3. The number of hydrogen-bond acceptors (Lipinski definition) is 7. The maximum Gasteiger partial charge on any atom is 0.329 e. The van der Waals surface area contributed by atoms with Crippen LogP contribution in [0.25, 0.3) is 10.6 Å². The molecule has 24 heavy (non-hydrogen) atoms. The van der Waals surface area contributed by atoms with Crippen molar-refractivity contribution in [3.63, 3.8) is 0 Å². The van der Waals surface area contributed by atoms with Crippen LogP contribution in [0.5, 0.6) is 0 Å². The molecule has 9 heteroatoms. The predicted molar refractivity (Wildman–Crippen MR) is 88.4 cm³/mol. The van der Waals surface area contributed by atoms with E-state index in [1.54, 1.807) is 12.1 Å². The molecular formula is C15H11N5O3S. The lowest BCUT2D eigenvalue weighted by atomic mass is 10.2. The number of anilines is 1. The molecule has 0 spiro atoms. The zero-order valence-corrected chi connectivity index (χ0v) is 13.0. The molecule has 3 aromatic rings. The molecule has 2 amide bonds. The van der Waals surface area contributed by atoms with E-state index in [1.165, 1.54) is 23.8 Å². The van der Waals surface area contributed by atoms with Crippen molar-refractivity contribution in [2.75, 3.05) is 5.32 Å². The molecule has 0 aliphatic heterocycles. The highest BCUT2D eigenvalue weighted by Gasteiger charge is 2.16. The minimum atomic E-state index is -0.922. The van der Waals surface area contributed by atoms with Crippen LogP contribution in [0.2, 0.25) is 0 Å². The van der Waals surface area contributed by atoms with E-state index in [2.05, 4.69) is 26.0 Å². The molecule has 2 N–H and O–H groups in total. The number of amides is 2. The minimum Gasteiger partial charge on any atom is -0.463 e. The van der Waals surface area contributed by atoms with Crippen LogP contribution >= 0.6 is 11.3 Å².